The lowest BCUT2D eigenvalue weighted by molar-refractivity contribution is -0.150. The van der Waals surface area contributed by atoms with E-state index in [1.165, 1.54) is 7.05 Å². The average Bonchev–Trinajstić information content (AvgIpc) is 2.49. The number of carbonyl (C=O) groups is 3. The molecular formula is C13H15ClN2O5. The Bertz CT molecular complexity index is 504. The molecule has 2 N–H and O–H groups in total. The zero-order valence-corrected chi connectivity index (χ0v) is 12.1. The minimum atomic E-state index is -0.694. The van der Waals surface area contributed by atoms with E-state index in [1.54, 1.807) is 24.3 Å². The van der Waals surface area contributed by atoms with Crippen LogP contribution < -0.4 is 15.4 Å². The smallest absolute Gasteiger partial charge is 0.344 e. The molecule has 0 saturated carbocycles. The summed E-state index contributed by atoms with van der Waals surface area (Å²) < 4.78 is 9.82. The van der Waals surface area contributed by atoms with Gasteiger partial charge in [0, 0.05) is 12.1 Å². The molecule has 2 amide bonds. The largest absolute Gasteiger partial charge is 0.482 e. The molecule has 1 aromatic rings. The number of benzene rings is 1. The van der Waals surface area contributed by atoms with Crippen molar-refractivity contribution in [1.29, 1.82) is 0 Å². The first kappa shape index (κ1) is 16.8. The van der Waals surface area contributed by atoms with Crippen molar-refractivity contribution in [2.45, 2.75) is 0 Å². The van der Waals surface area contributed by atoms with Gasteiger partial charge in [-0.05, 0) is 24.3 Å². The lowest BCUT2D eigenvalue weighted by Crippen LogP contribution is -2.37. The van der Waals surface area contributed by atoms with Crippen molar-refractivity contribution >= 4 is 29.4 Å². The maximum atomic E-state index is 11.3. The average molecular weight is 315 g/mol. The van der Waals surface area contributed by atoms with Crippen LogP contribution in [0.1, 0.15) is 0 Å². The van der Waals surface area contributed by atoms with Crippen LogP contribution >= 0.6 is 11.6 Å². The Morgan fingerprint density at radius 3 is 2.38 bits per heavy atom. The van der Waals surface area contributed by atoms with Crippen LogP contribution in [-0.4, -0.2) is 44.6 Å². The van der Waals surface area contributed by atoms with E-state index in [1.807, 2.05) is 0 Å². The molecule has 1 aromatic carbocycles. The van der Waals surface area contributed by atoms with Crippen molar-refractivity contribution in [3.05, 3.63) is 29.3 Å². The normalized spacial score (nSPS) is 9.62. The highest BCUT2D eigenvalue weighted by atomic mass is 35.5. The standard InChI is InChI=1S/C13H15ClN2O5/c1-15-11(17)6-16-12(18)7-21-13(19)8-20-10-4-2-9(14)3-5-10/h2-5H,6-8H2,1H3,(H,15,17)(H,16,18). The van der Waals surface area contributed by atoms with Gasteiger partial charge in [-0.25, -0.2) is 4.79 Å². The minimum Gasteiger partial charge on any atom is -0.482 e. The van der Waals surface area contributed by atoms with Crippen molar-refractivity contribution in [2.24, 2.45) is 0 Å². The second-order valence-electron chi connectivity index (χ2n) is 3.85. The molecule has 114 valence electrons. The first-order chi connectivity index (χ1) is 10.0. The number of amides is 2. The zero-order chi connectivity index (χ0) is 15.7. The molecule has 0 unspecified atom stereocenters. The summed E-state index contributed by atoms with van der Waals surface area (Å²) in [6.07, 6.45) is 0. The summed E-state index contributed by atoms with van der Waals surface area (Å²) in [4.78, 5) is 33.5. The van der Waals surface area contributed by atoms with Crippen LogP contribution in [0.3, 0.4) is 0 Å². The van der Waals surface area contributed by atoms with Gasteiger partial charge in [-0.15, -0.1) is 0 Å². The number of halogens is 1. The quantitative estimate of drug-likeness (QED) is 0.697. The number of carbonyl (C=O) groups excluding carboxylic acids is 3. The van der Waals surface area contributed by atoms with Gasteiger partial charge in [-0.2, -0.15) is 0 Å². The van der Waals surface area contributed by atoms with Crippen LogP contribution in [0, 0.1) is 0 Å². The van der Waals surface area contributed by atoms with E-state index >= 15 is 0 Å². The third-order valence-corrected chi connectivity index (χ3v) is 2.51. The fraction of sp³-hybridized carbons (Fsp3) is 0.308. The lowest BCUT2D eigenvalue weighted by Gasteiger charge is -2.07. The number of hydrogen-bond donors (Lipinski definition) is 2. The molecule has 0 atom stereocenters. The first-order valence-corrected chi connectivity index (χ1v) is 6.40. The Labute approximate surface area is 126 Å². The SMILES string of the molecule is CNC(=O)CNC(=O)COC(=O)COc1ccc(Cl)cc1. The maximum absolute atomic E-state index is 11.3. The first-order valence-electron chi connectivity index (χ1n) is 6.02. The Kier molecular flexibility index (Phi) is 7.03. The molecule has 0 aliphatic rings. The fourth-order valence-electron chi connectivity index (χ4n) is 1.18. The summed E-state index contributed by atoms with van der Waals surface area (Å²) in [5.41, 5.74) is 0. The highest BCUT2D eigenvalue weighted by Gasteiger charge is 2.09. The molecule has 0 fully saturated rings. The van der Waals surface area contributed by atoms with E-state index in [4.69, 9.17) is 16.3 Å². The summed E-state index contributed by atoms with van der Waals surface area (Å²) in [7, 11) is 1.45. The van der Waals surface area contributed by atoms with Crippen LogP contribution in [0.2, 0.25) is 5.02 Å². The van der Waals surface area contributed by atoms with Gasteiger partial charge in [-0.3, -0.25) is 9.59 Å². The van der Waals surface area contributed by atoms with Gasteiger partial charge in [0.05, 0.1) is 6.54 Å². The molecule has 0 aromatic heterocycles. The molecule has 21 heavy (non-hydrogen) atoms. The Morgan fingerprint density at radius 1 is 1.10 bits per heavy atom. The van der Waals surface area contributed by atoms with Crippen LogP contribution in [-0.2, 0) is 19.1 Å². The number of rotatable bonds is 7. The Morgan fingerprint density at radius 2 is 1.76 bits per heavy atom. The molecule has 0 aliphatic heterocycles. The number of nitrogens with one attached hydrogen (secondary N) is 2. The predicted octanol–water partition coefficient (Wildman–Crippen LogP) is 0.124. The van der Waals surface area contributed by atoms with Gasteiger partial charge in [0.1, 0.15) is 5.75 Å². The van der Waals surface area contributed by atoms with Gasteiger partial charge in [-0.1, -0.05) is 11.6 Å². The number of esters is 1. The van der Waals surface area contributed by atoms with Crippen molar-refractivity contribution in [2.75, 3.05) is 26.8 Å². The molecule has 0 radical (unpaired) electrons. The van der Waals surface area contributed by atoms with Crippen molar-refractivity contribution < 1.29 is 23.9 Å². The molecule has 8 heteroatoms. The van der Waals surface area contributed by atoms with E-state index in [-0.39, 0.29) is 19.1 Å². The summed E-state index contributed by atoms with van der Waals surface area (Å²) in [5, 5.41) is 5.18. The summed E-state index contributed by atoms with van der Waals surface area (Å²) in [5.74, 6) is -1.15. The van der Waals surface area contributed by atoms with E-state index in [0.29, 0.717) is 10.8 Å². The van der Waals surface area contributed by atoms with Crippen LogP contribution in [0.5, 0.6) is 5.75 Å². The molecule has 0 aliphatic carbocycles. The minimum absolute atomic E-state index is 0.172. The van der Waals surface area contributed by atoms with Crippen LogP contribution in [0.25, 0.3) is 0 Å². The van der Waals surface area contributed by atoms with Crippen molar-refractivity contribution in [3.63, 3.8) is 0 Å². The van der Waals surface area contributed by atoms with E-state index < -0.39 is 18.5 Å². The summed E-state index contributed by atoms with van der Waals surface area (Å²) in [6, 6.07) is 6.44. The molecule has 0 bridgehead atoms. The molecule has 1 rings (SSSR count). The second kappa shape index (κ2) is 8.80. The fourth-order valence-corrected chi connectivity index (χ4v) is 1.31. The van der Waals surface area contributed by atoms with Crippen molar-refractivity contribution in [1.82, 2.24) is 10.6 Å². The lowest BCUT2D eigenvalue weighted by atomic mass is 10.3. The Hall–Kier alpha value is -2.28. The third-order valence-electron chi connectivity index (χ3n) is 2.26. The second-order valence-corrected chi connectivity index (χ2v) is 4.29. The predicted molar refractivity (Wildman–Crippen MR) is 75.0 cm³/mol. The van der Waals surface area contributed by atoms with E-state index in [0.717, 1.165) is 0 Å². The number of ether oxygens (including phenoxy) is 2. The van der Waals surface area contributed by atoms with Crippen LogP contribution in [0.15, 0.2) is 24.3 Å². The zero-order valence-electron chi connectivity index (χ0n) is 11.3. The van der Waals surface area contributed by atoms with Crippen molar-refractivity contribution in [3.8, 4) is 5.75 Å². The molecule has 7 nitrogen and oxygen atoms in total. The molecule has 0 heterocycles. The molecular weight excluding hydrogens is 300 g/mol. The summed E-state index contributed by atoms with van der Waals surface area (Å²) >= 11 is 5.70. The highest BCUT2D eigenvalue weighted by molar-refractivity contribution is 6.30. The van der Waals surface area contributed by atoms with Gasteiger partial charge < -0.3 is 20.1 Å². The third kappa shape index (κ3) is 7.17. The highest BCUT2D eigenvalue weighted by Crippen LogP contribution is 2.15. The number of hydrogen-bond acceptors (Lipinski definition) is 5. The number of likely N-dealkylation sites (N-methyl/N-ethyl adjacent to an activating group) is 1. The molecule has 0 spiro atoms. The monoisotopic (exact) mass is 314 g/mol. The van der Waals surface area contributed by atoms with Crippen LogP contribution in [0.4, 0.5) is 0 Å². The summed E-state index contributed by atoms with van der Waals surface area (Å²) in [6.45, 7) is -0.974. The molecule has 0 saturated heterocycles. The Balaban J connectivity index is 2.20. The van der Waals surface area contributed by atoms with Gasteiger partial charge in [0.15, 0.2) is 13.2 Å². The van der Waals surface area contributed by atoms with Gasteiger partial charge >= 0.3 is 5.97 Å². The van der Waals surface area contributed by atoms with E-state index in [9.17, 15) is 14.4 Å². The maximum Gasteiger partial charge on any atom is 0.344 e. The van der Waals surface area contributed by atoms with Gasteiger partial charge in [0.2, 0.25) is 5.91 Å². The topological polar surface area (TPSA) is 93.7 Å². The van der Waals surface area contributed by atoms with Gasteiger partial charge in [0.25, 0.3) is 5.91 Å². The van der Waals surface area contributed by atoms with E-state index in [2.05, 4.69) is 15.4 Å².